The minimum Gasteiger partial charge on any atom is -0.497 e. The number of alkyl halides is 3. The van der Waals surface area contributed by atoms with Crippen LogP contribution in [0.25, 0.3) is 0 Å². The van der Waals surface area contributed by atoms with Crippen LogP contribution < -0.4 is 10.1 Å². The lowest BCUT2D eigenvalue weighted by atomic mass is 9.32. The van der Waals surface area contributed by atoms with E-state index in [0.717, 1.165) is 31.4 Å². The number of anilines is 1. The fourth-order valence-corrected chi connectivity index (χ4v) is 12.0. The van der Waals surface area contributed by atoms with Gasteiger partial charge in [0, 0.05) is 46.2 Å². The molecule has 7 aliphatic rings. The largest absolute Gasteiger partial charge is 0.497 e. The molecule has 2 amide bonds. The van der Waals surface area contributed by atoms with Crippen molar-refractivity contribution in [2.75, 3.05) is 32.1 Å². The summed E-state index contributed by atoms with van der Waals surface area (Å²) in [6.45, 7) is 5.33. The van der Waals surface area contributed by atoms with E-state index < -0.39 is 45.5 Å². The van der Waals surface area contributed by atoms with Gasteiger partial charge in [0.1, 0.15) is 5.75 Å². The van der Waals surface area contributed by atoms with Crippen molar-refractivity contribution in [3.8, 4) is 5.75 Å². The van der Waals surface area contributed by atoms with Crippen molar-refractivity contribution in [3.63, 3.8) is 0 Å². The number of carbonyl (C=O) groups excluding carboxylic acids is 2. The second kappa shape index (κ2) is 12.9. The first-order valence-electron chi connectivity index (χ1n) is 19.5. The van der Waals surface area contributed by atoms with E-state index in [1.807, 2.05) is 6.08 Å². The Balaban J connectivity index is 1.17. The third-order valence-corrected chi connectivity index (χ3v) is 14.9. The summed E-state index contributed by atoms with van der Waals surface area (Å²) in [6.07, 6.45) is 6.82. The normalized spacial score (nSPS) is 37.9. The molecule has 9 unspecified atom stereocenters. The monoisotopic (exact) mass is 748 g/mol. The molecule has 4 fully saturated rings. The van der Waals surface area contributed by atoms with E-state index >= 15 is 0 Å². The molecule has 1 saturated heterocycles. The number of amides is 2. The number of benzene rings is 2. The van der Waals surface area contributed by atoms with Crippen LogP contribution in [0.2, 0.25) is 0 Å². The zero-order chi connectivity index (χ0) is 38.3. The van der Waals surface area contributed by atoms with Crippen LogP contribution >= 0.6 is 0 Å². The van der Waals surface area contributed by atoms with Gasteiger partial charge in [-0.1, -0.05) is 44.2 Å². The summed E-state index contributed by atoms with van der Waals surface area (Å²) in [5, 5.41) is 27.0. The molecule has 9 rings (SSSR count). The molecule has 290 valence electrons. The highest BCUT2D eigenvalue weighted by Gasteiger charge is 2.74. The van der Waals surface area contributed by atoms with Gasteiger partial charge in [0.25, 0.3) is 0 Å². The Labute approximate surface area is 314 Å². The zero-order valence-corrected chi connectivity index (χ0v) is 31.3. The number of nitrogens with zero attached hydrogens (tertiary/aromatic N) is 1. The fourth-order valence-electron chi connectivity index (χ4n) is 12.0. The first-order chi connectivity index (χ1) is 25.6. The van der Waals surface area contributed by atoms with Gasteiger partial charge in [-0.15, -0.1) is 0 Å². The summed E-state index contributed by atoms with van der Waals surface area (Å²) in [6, 6.07) is 11.4. The molecule has 2 aromatic rings. The van der Waals surface area contributed by atoms with Gasteiger partial charge in [0.15, 0.2) is 5.78 Å². The summed E-state index contributed by atoms with van der Waals surface area (Å²) in [5.74, 6) is -0.0369. The van der Waals surface area contributed by atoms with Crippen molar-refractivity contribution >= 4 is 17.5 Å². The number of hydrogen-bond acceptors (Lipinski definition) is 6. The van der Waals surface area contributed by atoms with Crippen LogP contribution in [-0.4, -0.2) is 71.5 Å². The van der Waals surface area contributed by atoms with Gasteiger partial charge in [-0.2, -0.15) is 13.2 Å². The van der Waals surface area contributed by atoms with Crippen molar-refractivity contribution < 1.29 is 42.4 Å². The molecule has 3 N–H and O–H groups in total. The molecule has 54 heavy (non-hydrogen) atoms. The number of carbonyl (C=O) groups is 2. The molecule has 2 spiro atoms. The molecule has 8 nitrogen and oxygen atoms in total. The molecule has 1 aliphatic heterocycles. The van der Waals surface area contributed by atoms with Gasteiger partial charge < -0.3 is 29.9 Å². The summed E-state index contributed by atoms with van der Waals surface area (Å²) in [4.78, 5) is 30.6. The maximum absolute atomic E-state index is 14.8. The number of ketones is 1. The van der Waals surface area contributed by atoms with Gasteiger partial charge in [-0.3, -0.25) is 4.79 Å². The van der Waals surface area contributed by atoms with Gasteiger partial charge >= 0.3 is 12.2 Å². The molecule has 0 radical (unpaired) electrons. The zero-order valence-electron chi connectivity index (χ0n) is 31.3. The Morgan fingerprint density at radius 2 is 1.70 bits per heavy atom. The third kappa shape index (κ3) is 5.58. The lowest BCUT2D eigenvalue weighted by Gasteiger charge is -2.71. The fraction of sp³-hybridized carbons (Fsp3) is 0.581. The molecule has 2 bridgehead atoms. The number of aliphatic hydroxyl groups is 2. The van der Waals surface area contributed by atoms with Crippen LogP contribution in [0, 0.1) is 33.5 Å². The molecule has 2 aromatic carbocycles. The van der Waals surface area contributed by atoms with Gasteiger partial charge in [0.2, 0.25) is 0 Å². The Kier molecular flexibility index (Phi) is 8.94. The van der Waals surface area contributed by atoms with E-state index in [1.165, 1.54) is 12.1 Å². The molecule has 11 heteroatoms. The topological polar surface area (TPSA) is 108 Å². The second-order valence-corrected chi connectivity index (χ2v) is 17.4. The number of Topliss-reactive ketones (excluding diaryl/α,β-unsaturated/α-hetero) is 1. The van der Waals surface area contributed by atoms with Crippen molar-refractivity contribution in [3.05, 3.63) is 83.5 Å². The van der Waals surface area contributed by atoms with E-state index in [2.05, 4.69) is 31.3 Å². The minimum absolute atomic E-state index is 0.0157. The van der Waals surface area contributed by atoms with Crippen molar-refractivity contribution in [2.45, 2.75) is 95.6 Å². The number of nitrogens with one attached hydrogen (secondary N) is 1. The van der Waals surface area contributed by atoms with E-state index in [-0.39, 0.29) is 41.5 Å². The molecular formula is C43H51F3N2O6. The third-order valence-electron chi connectivity index (χ3n) is 14.9. The Morgan fingerprint density at radius 1 is 0.981 bits per heavy atom. The molecule has 1 heterocycles. The summed E-state index contributed by atoms with van der Waals surface area (Å²) in [5.41, 5.74) is -3.68. The Morgan fingerprint density at radius 3 is 2.41 bits per heavy atom. The number of fused-ring (bicyclic) bond motifs is 1. The van der Waals surface area contributed by atoms with Gasteiger partial charge in [0.05, 0.1) is 37.0 Å². The van der Waals surface area contributed by atoms with Crippen molar-refractivity contribution in [1.82, 2.24) is 4.90 Å². The quantitative estimate of drug-likeness (QED) is 0.186. The lowest BCUT2D eigenvalue weighted by Crippen LogP contribution is -2.67. The second-order valence-electron chi connectivity index (χ2n) is 17.4. The summed E-state index contributed by atoms with van der Waals surface area (Å²) < 4.78 is 53.0. The highest BCUT2D eigenvalue weighted by atomic mass is 19.4. The van der Waals surface area contributed by atoms with Crippen LogP contribution in [-0.2, 0) is 10.9 Å². The average molecular weight is 749 g/mol. The first kappa shape index (κ1) is 37.3. The number of allylic oxidation sites excluding steroid dienone is 4. The van der Waals surface area contributed by atoms with Crippen LogP contribution in [0.5, 0.6) is 5.75 Å². The highest BCUT2D eigenvalue weighted by molar-refractivity contribution is 6.10. The van der Waals surface area contributed by atoms with Gasteiger partial charge in [-0.25, -0.2) is 4.79 Å². The number of rotatable bonds is 8. The van der Waals surface area contributed by atoms with Gasteiger partial charge in [-0.05, 0) is 111 Å². The molecular weight excluding hydrogens is 697 g/mol. The molecule has 3 saturated carbocycles. The number of aliphatic hydroxyl groups excluding tert-OH is 1. The number of hydrogen-bond donors (Lipinski definition) is 3. The minimum atomic E-state index is -4.61. The maximum Gasteiger partial charge on any atom is 0.416 e. The smallest absolute Gasteiger partial charge is 0.416 e. The lowest BCUT2D eigenvalue weighted by molar-refractivity contribution is -0.175. The Hall–Kier alpha value is -3.67. The number of ether oxygens (including phenoxy) is 2. The van der Waals surface area contributed by atoms with E-state index in [9.17, 15) is 33.0 Å². The molecule has 0 aromatic heterocycles. The van der Waals surface area contributed by atoms with Crippen LogP contribution in [0.3, 0.4) is 0 Å². The van der Waals surface area contributed by atoms with E-state index in [1.54, 1.807) is 36.3 Å². The van der Waals surface area contributed by atoms with Crippen LogP contribution in [0.15, 0.2) is 72.3 Å². The standard InChI is InChI=1S/C43H51F3N2O6/c1-38-16-13-30(49)23-40(38)19-20-42(33(24-40)36(50)27-6-4-7-28(22-27)43(44,45)46)34(38)14-17-39(2)35(42)15-18-41(39,52)26-48(25-32-8-5-21-54-32)37(51)47-29-9-11-31(53-3)12-10-29/h4,6-7,9-12,19-20,22,24,30,32,34-35,49,52H,5,8,13-18,21,23,25-26H2,1-3H3,(H,47,51). The summed E-state index contributed by atoms with van der Waals surface area (Å²) >= 11 is 0. The molecule has 6 aliphatic carbocycles. The number of urea groups is 1. The van der Waals surface area contributed by atoms with Crippen molar-refractivity contribution in [1.29, 1.82) is 0 Å². The van der Waals surface area contributed by atoms with Crippen LogP contribution in [0.1, 0.15) is 87.6 Å². The average Bonchev–Trinajstić information content (AvgIpc) is 3.76. The van der Waals surface area contributed by atoms with E-state index in [4.69, 9.17) is 9.47 Å². The van der Waals surface area contributed by atoms with E-state index in [0.29, 0.717) is 68.7 Å². The number of halogens is 3. The SMILES string of the molecule is COc1ccc(NC(=O)N(CC2CCCO2)CC2(O)CCC3C45C=CC6(C=C4C(=O)c4cccc(C(F)(F)F)c4)CC(O)CCC6(C)C5CCC32C)cc1. The predicted molar refractivity (Wildman–Crippen MR) is 197 cm³/mol. The Bertz CT molecular complexity index is 1870. The molecule has 9 atom stereocenters. The first-order valence-corrected chi connectivity index (χ1v) is 19.5. The highest BCUT2D eigenvalue weighted by Crippen LogP contribution is 2.78. The number of methoxy groups -OCH3 is 1. The predicted octanol–water partition coefficient (Wildman–Crippen LogP) is 8.20. The summed E-state index contributed by atoms with van der Waals surface area (Å²) in [7, 11) is 1.58. The van der Waals surface area contributed by atoms with Crippen LogP contribution in [0.4, 0.5) is 23.7 Å². The van der Waals surface area contributed by atoms with Crippen molar-refractivity contribution in [2.24, 2.45) is 33.5 Å². The maximum atomic E-state index is 14.8.